The maximum atomic E-state index is 12.3. The molecular formula is C24H19ClN2O3S. The molecule has 1 aliphatic rings. The van der Waals surface area contributed by atoms with Crippen LogP contribution in [0.3, 0.4) is 0 Å². The van der Waals surface area contributed by atoms with Crippen molar-refractivity contribution >= 4 is 46.2 Å². The van der Waals surface area contributed by atoms with Crippen LogP contribution < -0.4 is 10.1 Å². The fourth-order valence-corrected chi connectivity index (χ4v) is 3.98. The van der Waals surface area contributed by atoms with Crippen LogP contribution in [0.5, 0.6) is 11.5 Å². The number of aliphatic imine (C=N–C) groups is 1. The van der Waals surface area contributed by atoms with E-state index in [4.69, 9.17) is 16.3 Å². The van der Waals surface area contributed by atoms with Gasteiger partial charge in [0.2, 0.25) is 0 Å². The number of para-hydroxylation sites is 1. The van der Waals surface area contributed by atoms with E-state index < -0.39 is 0 Å². The summed E-state index contributed by atoms with van der Waals surface area (Å²) < 4.78 is 5.79. The number of carbonyl (C=O) groups excluding carboxylic acids is 1. The van der Waals surface area contributed by atoms with Gasteiger partial charge in [-0.2, -0.15) is 0 Å². The van der Waals surface area contributed by atoms with E-state index in [9.17, 15) is 9.90 Å². The number of hydrogen-bond acceptors (Lipinski definition) is 5. The van der Waals surface area contributed by atoms with Crippen LogP contribution in [0, 0.1) is 6.92 Å². The summed E-state index contributed by atoms with van der Waals surface area (Å²) >= 11 is 7.39. The predicted molar refractivity (Wildman–Crippen MR) is 126 cm³/mol. The molecule has 1 heterocycles. The van der Waals surface area contributed by atoms with Gasteiger partial charge < -0.3 is 15.2 Å². The quantitative estimate of drug-likeness (QED) is 0.480. The third-order valence-corrected chi connectivity index (χ3v) is 5.89. The maximum absolute atomic E-state index is 12.3. The summed E-state index contributed by atoms with van der Waals surface area (Å²) in [6.07, 6.45) is 1.79. The van der Waals surface area contributed by atoms with Gasteiger partial charge in [-0.1, -0.05) is 54.1 Å². The molecule has 0 spiro atoms. The minimum Gasteiger partial charge on any atom is -0.506 e. The first-order valence-corrected chi connectivity index (χ1v) is 10.7. The van der Waals surface area contributed by atoms with Crippen LogP contribution in [0.2, 0.25) is 5.02 Å². The number of nitrogens with one attached hydrogen (secondary N) is 1. The summed E-state index contributed by atoms with van der Waals surface area (Å²) in [6.45, 7) is 2.23. The zero-order chi connectivity index (χ0) is 21.8. The van der Waals surface area contributed by atoms with Gasteiger partial charge in [0.25, 0.3) is 5.91 Å². The number of thioether (sulfide) groups is 1. The van der Waals surface area contributed by atoms with Gasteiger partial charge in [0.05, 0.1) is 4.91 Å². The summed E-state index contributed by atoms with van der Waals surface area (Å²) in [5, 5.41) is 13.9. The zero-order valence-corrected chi connectivity index (χ0v) is 18.2. The van der Waals surface area contributed by atoms with Crippen molar-refractivity contribution in [2.24, 2.45) is 4.99 Å². The third-order valence-electron chi connectivity index (χ3n) is 4.61. The van der Waals surface area contributed by atoms with Crippen LogP contribution in [-0.4, -0.2) is 16.2 Å². The molecule has 4 rings (SSSR count). The van der Waals surface area contributed by atoms with Gasteiger partial charge in [0, 0.05) is 10.6 Å². The minimum atomic E-state index is -0.226. The first kappa shape index (κ1) is 21.0. The Bertz CT molecular complexity index is 1170. The van der Waals surface area contributed by atoms with E-state index in [1.54, 1.807) is 18.2 Å². The molecule has 2 N–H and O–H groups in total. The number of rotatable bonds is 5. The molecule has 0 radical (unpaired) electrons. The lowest BCUT2D eigenvalue weighted by Gasteiger charge is -2.08. The first-order chi connectivity index (χ1) is 15.0. The molecule has 0 atom stereocenters. The molecule has 1 amide bonds. The van der Waals surface area contributed by atoms with Gasteiger partial charge in [0.1, 0.15) is 23.8 Å². The number of carbonyl (C=O) groups is 1. The Morgan fingerprint density at radius 3 is 2.61 bits per heavy atom. The fourth-order valence-electron chi connectivity index (χ4n) is 2.96. The number of hydrogen-bond donors (Lipinski definition) is 2. The van der Waals surface area contributed by atoms with Gasteiger partial charge in [0.15, 0.2) is 5.17 Å². The number of phenolic OH excluding ortho intramolecular Hbond substituents is 1. The van der Waals surface area contributed by atoms with Crippen LogP contribution in [0.4, 0.5) is 5.69 Å². The lowest BCUT2D eigenvalue weighted by molar-refractivity contribution is -0.115. The van der Waals surface area contributed by atoms with Crippen molar-refractivity contribution in [2.75, 3.05) is 0 Å². The molecule has 0 bridgehead atoms. The third kappa shape index (κ3) is 5.10. The first-order valence-electron chi connectivity index (χ1n) is 9.54. The van der Waals surface area contributed by atoms with Crippen LogP contribution in [0.15, 0.2) is 76.6 Å². The number of ether oxygens (including phenoxy) is 1. The molecule has 1 saturated heterocycles. The smallest absolute Gasteiger partial charge is 0.264 e. The average Bonchev–Trinajstić information content (AvgIpc) is 3.10. The van der Waals surface area contributed by atoms with E-state index in [0.717, 1.165) is 16.7 Å². The molecule has 0 aromatic heterocycles. The number of amides is 1. The van der Waals surface area contributed by atoms with E-state index in [1.165, 1.54) is 11.8 Å². The fraction of sp³-hybridized carbons (Fsp3) is 0.0833. The minimum absolute atomic E-state index is 0.0761. The topological polar surface area (TPSA) is 70.9 Å². The molecule has 1 aliphatic heterocycles. The SMILES string of the molecule is Cc1cccc(O)c1N=C1NC(=O)/C(=C/c2ccc(OCc3ccccc3Cl)cc2)S1. The van der Waals surface area contributed by atoms with Crippen LogP contribution in [0.25, 0.3) is 6.08 Å². The van der Waals surface area contributed by atoms with Gasteiger partial charge in [-0.3, -0.25) is 4.79 Å². The number of halogens is 1. The van der Waals surface area contributed by atoms with E-state index in [0.29, 0.717) is 33.1 Å². The van der Waals surface area contributed by atoms with Crippen molar-refractivity contribution in [3.63, 3.8) is 0 Å². The molecule has 3 aromatic carbocycles. The normalized spacial score (nSPS) is 16.0. The van der Waals surface area contributed by atoms with E-state index in [-0.39, 0.29) is 11.7 Å². The Hall–Kier alpha value is -3.22. The van der Waals surface area contributed by atoms with E-state index in [1.807, 2.05) is 61.5 Å². The van der Waals surface area contributed by atoms with Crippen molar-refractivity contribution in [3.8, 4) is 11.5 Å². The summed E-state index contributed by atoms with van der Waals surface area (Å²) in [4.78, 5) is 17.3. The highest BCUT2D eigenvalue weighted by molar-refractivity contribution is 8.18. The standard InChI is InChI=1S/C24H19ClN2O3S/c1-15-5-4-8-20(28)22(15)26-24-27-23(29)21(31-24)13-16-9-11-18(12-10-16)30-14-17-6-2-3-7-19(17)25/h2-13,28H,14H2,1H3,(H,26,27,29)/b21-13-. The number of phenols is 1. The van der Waals surface area contributed by atoms with Gasteiger partial charge >= 0.3 is 0 Å². The number of amidine groups is 1. The van der Waals surface area contributed by atoms with Crippen LogP contribution in [0.1, 0.15) is 16.7 Å². The molecule has 31 heavy (non-hydrogen) atoms. The Kier molecular flexibility index (Phi) is 6.30. The number of aromatic hydroxyl groups is 1. The second kappa shape index (κ2) is 9.29. The Balaban J connectivity index is 1.44. The Labute approximate surface area is 189 Å². The number of nitrogens with zero attached hydrogens (tertiary/aromatic N) is 1. The molecule has 0 saturated carbocycles. The highest BCUT2D eigenvalue weighted by Crippen LogP contribution is 2.34. The molecule has 3 aromatic rings. The second-order valence-electron chi connectivity index (χ2n) is 6.87. The highest BCUT2D eigenvalue weighted by atomic mass is 35.5. The molecule has 0 aliphatic carbocycles. The van der Waals surface area contributed by atoms with Gasteiger partial charge in [-0.25, -0.2) is 4.99 Å². The molecular weight excluding hydrogens is 432 g/mol. The molecule has 5 nitrogen and oxygen atoms in total. The average molecular weight is 451 g/mol. The maximum Gasteiger partial charge on any atom is 0.264 e. The van der Waals surface area contributed by atoms with Crippen molar-refractivity contribution in [3.05, 3.63) is 93.3 Å². The molecule has 156 valence electrons. The summed E-state index contributed by atoms with van der Waals surface area (Å²) in [6, 6.07) is 20.2. The van der Waals surface area contributed by atoms with Crippen LogP contribution in [-0.2, 0) is 11.4 Å². The van der Waals surface area contributed by atoms with Crippen LogP contribution >= 0.6 is 23.4 Å². The van der Waals surface area contributed by atoms with E-state index in [2.05, 4.69) is 10.3 Å². The van der Waals surface area contributed by atoms with E-state index >= 15 is 0 Å². The van der Waals surface area contributed by atoms with Gasteiger partial charge in [-0.15, -0.1) is 0 Å². The Morgan fingerprint density at radius 1 is 1.10 bits per heavy atom. The Morgan fingerprint density at radius 2 is 1.87 bits per heavy atom. The van der Waals surface area contributed by atoms with Crippen molar-refractivity contribution in [1.82, 2.24) is 5.32 Å². The lowest BCUT2D eigenvalue weighted by Crippen LogP contribution is -2.19. The predicted octanol–water partition coefficient (Wildman–Crippen LogP) is 5.82. The van der Waals surface area contributed by atoms with Crippen molar-refractivity contribution < 1.29 is 14.6 Å². The van der Waals surface area contributed by atoms with Gasteiger partial charge in [-0.05, 0) is 60.2 Å². The molecule has 1 fully saturated rings. The number of aryl methyl sites for hydroxylation is 1. The number of benzene rings is 3. The van der Waals surface area contributed by atoms with Crippen molar-refractivity contribution in [2.45, 2.75) is 13.5 Å². The largest absolute Gasteiger partial charge is 0.506 e. The molecule has 0 unspecified atom stereocenters. The zero-order valence-electron chi connectivity index (χ0n) is 16.6. The monoisotopic (exact) mass is 450 g/mol. The lowest BCUT2D eigenvalue weighted by atomic mass is 10.2. The summed E-state index contributed by atoms with van der Waals surface area (Å²) in [7, 11) is 0. The summed E-state index contributed by atoms with van der Waals surface area (Å²) in [5.41, 5.74) is 3.06. The highest BCUT2D eigenvalue weighted by Gasteiger charge is 2.24. The molecule has 7 heteroatoms. The van der Waals surface area contributed by atoms with Crippen molar-refractivity contribution in [1.29, 1.82) is 0 Å². The second-order valence-corrected chi connectivity index (χ2v) is 8.31. The summed E-state index contributed by atoms with van der Waals surface area (Å²) in [5.74, 6) is 0.561.